The van der Waals surface area contributed by atoms with E-state index < -0.39 is 36.8 Å². The fourth-order valence-electron chi connectivity index (χ4n) is 3.85. The molecule has 3 unspecified atom stereocenters. The van der Waals surface area contributed by atoms with Crippen molar-refractivity contribution >= 4 is 25.4 Å². The van der Waals surface area contributed by atoms with E-state index in [4.69, 9.17) is 13.8 Å². The first-order valence-corrected chi connectivity index (χ1v) is 15.1. The summed E-state index contributed by atoms with van der Waals surface area (Å²) in [5.74, 6) is -2.16. The monoisotopic (exact) mass is 578 g/mol. The van der Waals surface area contributed by atoms with Gasteiger partial charge in [-0.25, -0.2) is 9.36 Å². The highest BCUT2D eigenvalue weighted by atomic mass is 31.2. The average molecular weight is 579 g/mol. The van der Waals surface area contributed by atoms with Crippen LogP contribution in [0.5, 0.6) is 5.75 Å². The van der Waals surface area contributed by atoms with Crippen LogP contribution in [0.25, 0.3) is 0 Å². The van der Waals surface area contributed by atoms with Crippen LogP contribution >= 0.6 is 7.75 Å². The van der Waals surface area contributed by atoms with E-state index in [0.717, 1.165) is 31.4 Å². The predicted octanol–water partition coefficient (Wildman–Crippen LogP) is 6.46. The smallest absolute Gasteiger partial charge is 0.460 e. The molecule has 0 aliphatic rings. The van der Waals surface area contributed by atoms with Crippen LogP contribution in [0.3, 0.4) is 0 Å². The van der Waals surface area contributed by atoms with Gasteiger partial charge in [-0.3, -0.25) is 19.4 Å². The third-order valence-electron chi connectivity index (χ3n) is 6.04. The van der Waals surface area contributed by atoms with Crippen LogP contribution < -0.4 is 9.61 Å². The molecule has 12 heteroatoms. The van der Waals surface area contributed by atoms with Crippen molar-refractivity contribution in [3.05, 3.63) is 70.3 Å². The van der Waals surface area contributed by atoms with Gasteiger partial charge in [-0.15, -0.1) is 0 Å². The van der Waals surface area contributed by atoms with Crippen LogP contribution in [0.15, 0.2) is 54.6 Å². The Morgan fingerprint density at radius 1 is 0.975 bits per heavy atom. The largest absolute Gasteiger partial charge is 0.480 e. The van der Waals surface area contributed by atoms with Gasteiger partial charge in [0.2, 0.25) is 0 Å². The van der Waals surface area contributed by atoms with Crippen LogP contribution in [-0.4, -0.2) is 40.7 Å². The Morgan fingerprint density at radius 2 is 1.57 bits per heavy atom. The molecule has 0 saturated heterocycles. The topological polar surface area (TPSA) is 154 Å². The predicted molar refractivity (Wildman–Crippen MR) is 150 cm³/mol. The third-order valence-corrected chi connectivity index (χ3v) is 7.71. The summed E-state index contributed by atoms with van der Waals surface area (Å²) < 4.78 is 30.0. The molecule has 0 aliphatic heterocycles. The number of nitro benzene ring substituents is 1. The maximum atomic E-state index is 13.8. The Kier molecular flexibility index (Phi) is 14.4. The van der Waals surface area contributed by atoms with Crippen LogP contribution in [0.1, 0.15) is 70.8 Å². The molecule has 2 aromatic rings. The van der Waals surface area contributed by atoms with Crippen LogP contribution in [-0.2, 0) is 29.8 Å². The molecule has 0 saturated carbocycles. The van der Waals surface area contributed by atoms with Crippen molar-refractivity contribution in [3.8, 4) is 5.75 Å². The number of nitro groups is 1. The summed E-state index contributed by atoms with van der Waals surface area (Å²) in [4.78, 5) is 34.9. The first kappa shape index (κ1) is 32.9. The molecule has 0 bridgehead atoms. The molecule has 0 aromatic heterocycles. The summed E-state index contributed by atoms with van der Waals surface area (Å²) in [7, 11) is -4.50. The zero-order valence-electron chi connectivity index (χ0n) is 23.0. The van der Waals surface area contributed by atoms with Crippen LogP contribution in [0, 0.1) is 10.1 Å². The minimum atomic E-state index is -4.50. The number of unbranched alkanes of at least 4 members (excludes halogenated alkanes) is 7. The highest BCUT2D eigenvalue weighted by molar-refractivity contribution is 7.52. The van der Waals surface area contributed by atoms with E-state index in [1.807, 2.05) is 0 Å². The van der Waals surface area contributed by atoms with E-state index in [-0.39, 0.29) is 24.5 Å². The molecule has 0 amide bonds. The van der Waals surface area contributed by atoms with Gasteiger partial charge in [0.25, 0.3) is 5.69 Å². The Bertz CT molecular complexity index is 1110. The fraction of sp³-hybridized carbons (Fsp3) is 0.500. The SMILES string of the molecule is CCCCCCCCCCOC(=O)C(C)OP(=O)(NC(Cc1ccccc1)C(=O)O)Oc1ccc([N+](=O)[O-])cc1. The van der Waals surface area contributed by atoms with E-state index in [2.05, 4.69) is 12.0 Å². The number of carbonyl (C=O) groups excluding carboxylic acids is 1. The maximum absolute atomic E-state index is 13.8. The highest BCUT2D eigenvalue weighted by Gasteiger charge is 2.37. The number of esters is 1. The molecule has 11 nitrogen and oxygen atoms in total. The highest BCUT2D eigenvalue weighted by Crippen LogP contribution is 2.46. The molecule has 0 aliphatic carbocycles. The second kappa shape index (κ2) is 17.4. The molecule has 0 spiro atoms. The average Bonchev–Trinajstić information content (AvgIpc) is 2.92. The van der Waals surface area contributed by atoms with Gasteiger partial charge in [-0.05, 0) is 37.5 Å². The lowest BCUT2D eigenvalue weighted by Gasteiger charge is -2.25. The summed E-state index contributed by atoms with van der Waals surface area (Å²) >= 11 is 0. The molecular formula is C28H39N2O9P. The molecule has 0 fully saturated rings. The number of carbonyl (C=O) groups is 2. The van der Waals surface area contributed by atoms with Gasteiger partial charge in [0.1, 0.15) is 11.8 Å². The number of carboxylic acids is 1. The molecular weight excluding hydrogens is 539 g/mol. The maximum Gasteiger partial charge on any atom is 0.460 e. The Morgan fingerprint density at radius 3 is 2.15 bits per heavy atom. The van der Waals surface area contributed by atoms with E-state index >= 15 is 0 Å². The lowest BCUT2D eigenvalue weighted by molar-refractivity contribution is -0.384. The standard InChI is InChI=1S/C28H39N2O9P/c1-3-4-5-6-7-8-9-13-20-37-28(33)22(2)38-40(36,39-25-18-16-24(17-19-25)30(34)35)29-26(27(31)32)21-23-14-11-10-12-15-23/h10-12,14-19,22,26H,3-9,13,20-21H2,1-2H3,(H,29,36)(H,31,32). The molecule has 3 atom stereocenters. The molecule has 40 heavy (non-hydrogen) atoms. The van der Waals surface area contributed by atoms with E-state index in [0.29, 0.717) is 12.0 Å². The number of hydrogen-bond acceptors (Lipinski definition) is 8. The lowest BCUT2D eigenvalue weighted by atomic mass is 10.1. The second-order valence-corrected chi connectivity index (χ2v) is 11.1. The molecule has 0 radical (unpaired) electrons. The summed E-state index contributed by atoms with van der Waals surface area (Å²) in [6, 6.07) is 12.0. The van der Waals surface area contributed by atoms with Crippen molar-refractivity contribution in [2.45, 2.75) is 83.8 Å². The van der Waals surface area contributed by atoms with Gasteiger partial charge in [-0.1, -0.05) is 82.2 Å². The number of rotatable bonds is 20. The quantitative estimate of drug-likeness (QED) is 0.0588. The van der Waals surface area contributed by atoms with Crippen molar-refractivity contribution in [2.24, 2.45) is 0 Å². The fourth-order valence-corrected chi connectivity index (χ4v) is 5.49. The van der Waals surface area contributed by atoms with Crippen molar-refractivity contribution in [1.29, 1.82) is 0 Å². The van der Waals surface area contributed by atoms with Crippen LogP contribution in [0.2, 0.25) is 0 Å². The lowest BCUT2D eigenvalue weighted by Crippen LogP contribution is -2.39. The van der Waals surface area contributed by atoms with Gasteiger partial charge < -0.3 is 14.4 Å². The zero-order valence-corrected chi connectivity index (χ0v) is 23.9. The van der Waals surface area contributed by atoms with Crippen molar-refractivity contribution in [3.63, 3.8) is 0 Å². The first-order chi connectivity index (χ1) is 19.1. The number of ether oxygens (including phenoxy) is 1. The number of aliphatic carboxylic acids is 1. The van der Waals surface area contributed by atoms with Gasteiger partial charge in [0, 0.05) is 12.1 Å². The van der Waals surface area contributed by atoms with Gasteiger partial charge in [-0.2, -0.15) is 5.09 Å². The Hall–Kier alpha value is -3.27. The summed E-state index contributed by atoms with van der Waals surface area (Å²) in [5, 5.41) is 23.2. The van der Waals surface area contributed by atoms with E-state index in [9.17, 15) is 29.4 Å². The first-order valence-electron chi connectivity index (χ1n) is 13.6. The summed E-state index contributed by atoms with van der Waals surface area (Å²) in [6.07, 6.45) is 7.23. The second-order valence-electron chi connectivity index (χ2n) is 9.44. The van der Waals surface area contributed by atoms with Crippen LogP contribution in [0.4, 0.5) is 5.69 Å². The van der Waals surface area contributed by atoms with Crippen molar-refractivity contribution in [1.82, 2.24) is 5.09 Å². The zero-order chi connectivity index (χ0) is 29.4. The Labute approximate surface area is 235 Å². The minimum absolute atomic E-state index is 0.0512. The van der Waals surface area contributed by atoms with E-state index in [1.165, 1.54) is 44.7 Å². The summed E-state index contributed by atoms with van der Waals surface area (Å²) in [6.45, 7) is 3.68. The van der Waals surface area contributed by atoms with E-state index in [1.54, 1.807) is 30.3 Å². The van der Waals surface area contributed by atoms with Gasteiger partial charge >= 0.3 is 19.7 Å². The summed E-state index contributed by atoms with van der Waals surface area (Å²) in [5.41, 5.74) is 0.434. The number of nitrogens with one attached hydrogen (secondary N) is 1. The third kappa shape index (κ3) is 12.3. The van der Waals surface area contributed by atoms with Gasteiger partial charge in [0.15, 0.2) is 6.10 Å². The normalized spacial score (nSPS) is 14.1. The number of benzene rings is 2. The number of non-ortho nitro benzene ring substituents is 1. The number of hydrogen-bond donors (Lipinski definition) is 2. The van der Waals surface area contributed by atoms with Gasteiger partial charge in [0.05, 0.1) is 11.5 Å². The molecule has 2 aromatic carbocycles. The minimum Gasteiger partial charge on any atom is -0.480 e. The molecule has 0 heterocycles. The number of carboxylic acid groups (broad SMARTS) is 1. The van der Waals surface area contributed by atoms with Crippen molar-refractivity contribution in [2.75, 3.05) is 6.61 Å². The Balaban J connectivity index is 2.04. The molecule has 2 rings (SSSR count). The number of nitrogens with zero attached hydrogens (tertiary/aromatic N) is 1. The van der Waals surface area contributed by atoms with Crippen molar-refractivity contribution < 1.29 is 38.0 Å². The molecule has 2 N–H and O–H groups in total. The molecule has 220 valence electrons.